The Morgan fingerprint density at radius 1 is 0.969 bits per heavy atom. The van der Waals surface area contributed by atoms with E-state index in [1.807, 2.05) is 19.9 Å². The first-order valence-corrected chi connectivity index (χ1v) is 11.9. The van der Waals surface area contributed by atoms with E-state index in [2.05, 4.69) is 50.4 Å². The van der Waals surface area contributed by atoms with Gasteiger partial charge in [0.05, 0.1) is 10.0 Å². The number of amides is 2. The van der Waals surface area contributed by atoms with Crippen molar-refractivity contribution in [2.24, 2.45) is 0 Å². The van der Waals surface area contributed by atoms with E-state index in [4.69, 9.17) is 23.2 Å². The molecule has 0 saturated carbocycles. The Hall–Kier alpha value is -2.04. The molecule has 0 bridgehead atoms. The molecule has 0 heterocycles. The van der Waals surface area contributed by atoms with Crippen molar-refractivity contribution in [3.63, 3.8) is 0 Å². The fourth-order valence-corrected chi connectivity index (χ4v) is 3.93. The molecule has 32 heavy (non-hydrogen) atoms. The third-order valence-corrected chi connectivity index (χ3v) is 6.26. The molecule has 0 radical (unpaired) electrons. The van der Waals surface area contributed by atoms with E-state index in [1.165, 1.54) is 5.56 Å². The van der Waals surface area contributed by atoms with E-state index in [0.29, 0.717) is 42.4 Å². The van der Waals surface area contributed by atoms with E-state index in [1.54, 1.807) is 17.0 Å². The van der Waals surface area contributed by atoms with Crippen LogP contribution in [0.25, 0.3) is 0 Å². The lowest BCUT2D eigenvalue weighted by Crippen LogP contribution is -2.49. The molecule has 0 saturated heterocycles. The van der Waals surface area contributed by atoms with Crippen LogP contribution < -0.4 is 5.32 Å². The zero-order chi connectivity index (χ0) is 23.9. The van der Waals surface area contributed by atoms with Crippen LogP contribution in [-0.4, -0.2) is 29.3 Å². The van der Waals surface area contributed by atoms with Crippen molar-refractivity contribution in [3.05, 3.63) is 69.2 Å². The van der Waals surface area contributed by atoms with Crippen LogP contribution in [0.2, 0.25) is 10.0 Å². The minimum atomic E-state index is -0.542. The fraction of sp³-hybridized carbons (Fsp3) is 0.462. The maximum Gasteiger partial charge on any atom is 0.242 e. The molecule has 0 fully saturated rings. The number of carbonyl (C=O) groups excluding carboxylic acids is 2. The van der Waals surface area contributed by atoms with Crippen LogP contribution in [0.5, 0.6) is 0 Å². The van der Waals surface area contributed by atoms with Gasteiger partial charge in [-0.1, -0.05) is 81.2 Å². The summed E-state index contributed by atoms with van der Waals surface area (Å²) < 4.78 is 0. The molecule has 0 aliphatic heterocycles. The number of nitrogens with one attached hydrogen (secondary N) is 1. The number of likely N-dealkylation sites (N-methyl/N-ethyl adjacent to an activating group) is 1. The maximum atomic E-state index is 13.3. The molecule has 174 valence electrons. The van der Waals surface area contributed by atoms with E-state index >= 15 is 0 Å². The molecular formula is C26H34Cl2N2O2. The lowest BCUT2D eigenvalue weighted by atomic mass is 9.86. The van der Waals surface area contributed by atoms with Gasteiger partial charge in [0.1, 0.15) is 6.04 Å². The van der Waals surface area contributed by atoms with Gasteiger partial charge in [-0.15, -0.1) is 0 Å². The topological polar surface area (TPSA) is 49.4 Å². The van der Waals surface area contributed by atoms with Crippen LogP contribution >= 0.6 is 23.2 Å². The number of hydrogen-bond acceptors (Lipinski definition) is 2. The van der Waals surface area contributed by atoms with Gasteiger partial charge in [-0.25, -0.2) is 0 Å². The highest BCUT2D eigenvalue weighted by Gasteiger charge is 2.28. The van der Waals surface area contributed by atoms with Gasteiger partial charge < -0.3 is 10.2 Å². The van der Waals surface area contributed by atoms with E-state index in [0.717, 1.165) is 11.1 Å². The summed E-state index contributed by atoms with van der Waals surface area (Å²) >= 11 is 12.2. The van der Waals surface area contributed by atoms with Crippen LogP contribution in [0.4, 0.5) is 0 Å². The van der Waals surface area contributed by atoms with Crippen molar-refractivity contribution in [2.45, 2.75) is 71.9 Å². The van der Waals surface area contributed by atoms with Crippen LogP contribution in [0.1, 0.15) is 64.2 Å². The Morgan fingerprint density at radius 3 is 2.12 bits per heavy atom. The van der Waals surface area contributed by atoms with E-state index in [-0.39, 0.29) is 17.2 Å². The number of aryl methyl sites for hydroxylation is 1. The summed E-state index contributed by atoms with van der Waals surface area (Å²) in [6.45, 7) is 11.1. The third-order valence-electron chi connectivity index (χ3n) is 5.52. The van der Waals surface area contributed by atoms with Gasteiger partial charge in [0.25, 0.3) is 0 Å². The summed E-state index contributed by atoms with van der Waals surface area (Å²) in [5.41, 5.74) is 3.29. The zero-order valence-corrected chi connectivity index (χ0v) is 21.2. The quantitative estimate of drug-likeness (QED) is 0.470. The summed E-state index contributed by atoms with van der Waals surface area (Å²) in [7, 11) is 0. The van der Waals surface area contributed by atoms with Crippen LogP contribution in [0, 0.1) is 0 Å². The SMILES string of the molecule is CCNC(=O)[C@@H](CC)N(Cc1ccc(Cl)c(Cl)c1)C(=O)CCc1ccc(C(C)(C)C)cc1. The monoisotopic (exact) mass is 476 g/mol. The van der Waals surface area contributed by atoms with Crippen LogP contribution in [0.15, 0.2) is 42.5 Å². The zero-order valence-electron chi connectivity index (χ0n) is 19.7. The second-order valence-corrected chi connectivity index (χ2v) is 9.85. The molecule has 1 atom stereocenters. The summed E-state index contributed by atoms with van der Waals surface area (Å²) in [6.07, 6.45) is 1.47. The number of halogens is 2. The summed E-state index contributed by atoms with van der Waals surface area (Å²) in [5.74, 6) is -0.202. The number of benzene rings is 2. The highest BCUT2D eigenvalue weighted by Crippen LogP contribution is 2.25. The largest absolute Gasteiger partial charge is 0.355 e. The van der Waals surface area contributed by atoms with Gasteiger partial charge in [0.15, 0.2) is 0 Å². The minimum Gasteiger partial charge on any atom is -0.355 e. The van der Waals surface area contributed by atoms with E-state index in [9.17, 15) is 9.59 Å². The van der Waals surface area contributed by atoms with Crippen molar-refractivity contribution in [2.75, 3.05) is 6.54 Å². The number of hydrogen-bond donors (Lipinski definition) is 1. The fourth-order valence-electron chi connectivity index (χ4n) is 3.61. The van der Waals surface area contributed by atoms with Gasteiger partial charge in [-0.2, -0.15) is 0 Å². The first-order chi connectivity index (χ1) is 15.1. The average molecular weight is 477 g/mol. The van der Waals surface area contributed by atoms with Gasteiger partial charge in [0.2, 0.25) is 11.8 Å². The molecule has 0 aliphatic carbocycles. The van der Waals surface area contributed by atoms with Crippen LogP contribution in [-0.2, 0) is 28.0 Å². The van der Waals surface area contributed by atoms with Crippen molar-refractivity contribution >= 4 is 35.0 Å². The lowest BCUT2D eigenvalue weighted by molar-refractivity contribution is -0.141. The maximum absolute atomic E-state index is 13.3. The Morgan fingerprint density at radius 2 is 1.59 bits per heavy atom. The number of nitrogens with zero attached hydrogens (tertiary/aromatic N) is 1. The molecule has 0 aliphatic rings. The van der Waals surface area contributed by atoms with Crippen LogP contribution in [0.3, 0.4) is 0 Å². The Labute approximate surface area is 202 Å². The van der Waals surface area contributed by atoms with Gasteiger partial charge >= 0.3 is 0 Å². The highest BCUT2D eigenvalue weighted by atomic mass is 35.5. The number of rotatable bonds is 9. The van der Waals surface area contributed by atoms with Crippen molar-refractivity contribution in [1.29, 1.82) is 0 Å². The predicted molar refractivity (Wildman–Crippen MR) is 133 cm³/mol. The van der Waals surface area contributed by atoms with Crippen molar-refractivity contribution in [1.82, 2.24) is 10.2 Å². The van der Waals surface area contributed by atoms with Crippen molar-refractivity contribution in [3.8, 4) is 0 Å². The summed E-state index contributed by atoms with van der Waals surface area (Å²) in [6, 6.07) is 13.2. The van der Waals surface area contributed by atoms with Gasteiger partial charge in [-0.3, -0.25) is 9.59 Å². The predicted octanol–water partition coefficient (Wildman–Crippen LogP) is 6.17. The first kappa shape index (κ1) is 26.2. The standard InChI is InChI=1S/C26H34Cl2N2O2/c1-6-23(25(32)29-7-2)30(17-19-10-14-21(27)22(28)16-19)24(31)15-11-18-8-12-20(13-9-18)26(3,4)5/h8-10,12-14,16,23H,6-7,11,15,17H2,1-5H3,(H,29,32)/t23-/m1/s1. The molecule has 4 nitrogen and oxygen atoms in total. The second kappa shape index (κ2) is 11.7. The smallest absolute Gasteiger partial charge is 0.242 e. The Balaban J connectivity index is 2.20. The molecule has 6 heteroatoms. The molecular weight excluding hydrogens is 443 g/mol. The van der Waals surface area contributed by atoms with Gasteiger partial charge in [-0.05, 0) is 54.0 Å². The molecule has 0 spiro atoms. The summed E-state index contributed by atoms with van der Waals surface area (Å²) in [4.78, 5) is 27.6. The molecule has 0 aromatic heterocycles. The van der Waals surface area contributed by atoms with Crippen molar-refractivity contribution < 1.29 is 9.59 Å². The molecule has 2 rings (SSSR count). The summed E-state index contributed by atoms with van der Waals surface area (Å²) in [5, 5.41) is 3.75. The molecule has 0 unspecified atom stereocenters. The average Bonchev–Trinajstić information content (AvgIpc) is 2.74. The minimum absolute atomic E-state index is 0.0610. The lowest BCUT2D eigenvalue weighted by Gasteiger charge is -2.30. The molecule has 2 aromatic carbocycles. The Kier molecular flexibility index (Phi) is 9.60. The molecule has 2 amide bonds. The second-order valence-electron chi connectivity index (χ2n) is 9.04. The normalized spacial score (nSPS) is 12.3. The highest BCUT2D eigenvalue weighted by molar-refractivity contribution is 6.42. The third kappa shape index (κ3) is 7.25. The molecule has 2 aromatic rings. The first-order valence-electron chi connectivity index (χ1n) is 11.2. The number of carbonyl (C=O) groups is 2. The van der Waals surface area contributed by atoms with E-state index < -0.39 is 6.04 Å². The molecule has 1 N–H and O–H groups in total. The van der Waals surface area contributed by atoms with Gasteiger partial charge in [0, 0.05) is 19.5 Å². The Bertz CT molecular complexity index is 920.